The predicted octanol–water partition coefficient (Wildman–Crippen LogP) is 3.34. The molecule has 174 valence electrons. The van der Waals surface area contributed by atoms with Gasteiger partial charge in [-0.25, -0.2) is 13.2 Å². The smallest absolute Gasteiger partial charge is 0.329 e. The van der Waals surface area contributed by atoms with Crippen LogP contribution in [0.4, 0.5) is 0 Å². The van der Waals surface area contributed by atoms with Crippen molar-refractivity contribution in [2.24, 2.45) is 0 Å². The van der Waals surface area contributed by atoms with Crippen molar-refractivity contribution in [3.8, 4) is 0 Å². The molecule has 0 saturated heterocycles. The molecule has 2 aromatic carbocycles. The summed E-state index contributed by atoms with van der Waals surface area (Å²) in [4.78, 5) is 50.8. The molecule has 1 aliphatic heterocycles. The normalized spacial score (nSPS) is 14.2. The number of imide groups is 1. The van der Waals surface area contributed by atoms with Crippen molar-refractivity contribution < 1.29 is 32.3 Å². The van der Waals surface area contributed by atoms with Crippen molar-refractivity contribution in [1.82, 2.24) is 4.90 Å². The fourth-order valence-electron chi connectivity index (χ4n) is 3.30. The van der Waals surface area contributed by atoms with Crippen molar-refractivity contribution in [2.45, 2.75) is 26.0 Å². The molecule has 1 heterocycles. The van der Waals surface area contributed by atoms with E-state index in [2.05, 4.69) is 0 Å². The molecule has 3 rings (SSSR count). The van der Waals surface area contributed by atoms with Gasteiger partial charge in [-0.1, -0.05) is 47.5 Å². The quantitative estimate of drug-likeness (QED) is 0.303. The first-order chi connectivity index (χ1) is 15.4. The average Bonchev–Trinajstić information content (AvgIpc) is 2.97. The molecular formula is C22H19Cl2NO7S. The molecule has 1 atom stereocenters. The van der Waals surface area contributed by atoms with Crippen LogP contribution < -0.4 is 0 Å². The van der Waals surface area contributed by atoms with E-state index in [0.717, 1.165) is 6.26 Å². The fourth-order valence-corrected chi connectivity index (χ4v) is 4.28. The second-order valence-corrected chi connectivity index (χ2v) is 10.7. The average molecular weight is 512 g/mol. The molecule has 8 nitrogen and oxygen atoms in total. The Morgan fingerprint density at radius 1 is 1.00 bits per heavy atom. The summed E-state index contributed by atoms with van der Waals surface area (Å²) in [5.74, 6) is -3.11. The van der Waals surface area contributed by atoms with E-state index in [1.165, 1.54) is 19.1 Å². The Kier molecular flexibility index (Phi) is 7.26. The van der Waals surface area contributed by atoms with Gasteiger partial charge in [-0.3, -0.25) is 19.3 Å². The van der Waals surface area contributed by atoms with Crippen LogP contribution >= 0.6 is 23.2 Å². The highest BCUT2D eigenvalue weighted by Crippen LogP contribution is 2.33. The zero-order valence-corrected chi connectivity index (χ0v) is 20.0. The molecule has 0 aliphatic carbocycles. The van der Waals surface area contributed by atoms with E-state index in [1.54, 1.807) is 24.3 Å². The Morgan fingerprint density at radius 2 is 1.52 bits per heavy atom. The Balaban J connectivity index is 1.85. The molecule has 11 heteroatoms. The topological polar surface area (TPSA) is 115 Å². The first-order valence-electron chi connectivity index (χ1n) is 9.70. The zero-order valence-electron chi connectivity index (χ0n) is 17.6. The lowest BCUT2D eigenvalue weighted by Gasteiger charge is -2.24. The number of hydrogen-bond acceptors (Lipinski definition) is 7. The lowest BCUT2D eigenvalue weighted by molar-refractivity contribution is -0.149. The van der Waals surface area contributed by atoms with Gasteiger partial charge in [0.1, 0.15) is 22.5 Å². The van der Waals surface area contributed by atoms with E-state index < -0.39 is 39.4 Å². The van der Waals surface area contributed by atoms with Gasteiger partial charge in [0.15, 0.2) is 5.78 Å². The molecule has 2 amide bonds. The number of ether oxygens (including phenoxy) is 1. The standard InChI is InChI=1S/C22H19Cl2NO7S/c1-12(26)14-5-3-13(4-6-14)11-32-22(29)19(7-8-33(2,30)31)25-20(27)15-9-17(23)18(24)10-16(15)21(25)28/h3-6,9-10,19H,7-8,11H2,1-2H3/t19-/m0/s1. The van der Waals surface area contributed by atoms with Gasteiger partial charge in [-0.05, 0) is 31.0 Å². The number of ketones is 1. The summed E-state index contributed by atoms with van der Waals surface area (Å²) in [5.41, 5.74) is 0.980. The third-order valence-corrected chi connectivity index (χ3v) is 6.75. The second kappa shape index (κ2) is 9.62. The molecule has 0 aromatic heterocycles. The van der Waals surface area contributed by atoms with E-state index in [1.807, 2.05) is 0 Å². The number of nitrogens with zero attached hydrogens (tertiary/aromatic N) is 1. The third kappa shape index (κ3) is 5.61. The van der Waals surface area contributed by atoms with Crippen molar-refractivity contribution in [1.29, 1.82) is 0 Å². The van der Waals surface area contributed by atoms with E-state index >= 15 is 0 Å². The maximum atomic E-state index is 12.9. The van der Waals surface area contributed by atoms with Gasteiger partial charge in [0.25, 0.3) is 11.8 Å². The minimum Gasteiger partial charge on any atom is -0.459 e. The van der Waals surface area contributed by atoms with Crippen molar-refractivity contribution >= 4 is 56.6 Å². The number of carbonyl (C=O) groups is 4. The van der Waals surface area contributed by atoms with Crippen LogP contribution in [0.25, 0.3) is 0 Å². The first-order valence-corrected chi connectivity index (χ1v) is 12.5. The minimum atomic E-state index is -3.51. The number of halogens is 2. The van der Waals surface area contributed by atoms with Crippen LogP contribution in [0.5, 0.6) is 0 Å². The SMILES string of the molecule is CC(=O)c1ccc(COC(=O)[C@H](CCS(C)(=O)=O)N2C(=O)c3cc(Cl)c(Cl)cc3C2=O)cc1. The van der Waals surface area contributed by atoms with Crippen LogP contribution in [0.1, 0.15) is 50.0 Å². The highest BCUT2D eigenvalue weighted by atomic mass is 35.5. The van der Waals surface area contributed by atoms with Crippen LogP contribution in [-0.4, -0.2) is 54.9 Å². The Labute approximate surface area is 200 Å². The van der Waals surface area contributed by atoms with Gasteiger partial charge < -0.3 is 4.74 Å². The Hall–Kier alpha value is -2.75. The molecule has 0 saturated carbocycles. The number of amides is 2. The molecule has 0 radical (unpaired) electrons. The number of rotatable bonds is 8. The minimum absolute atomic E-state index is 0.0358. The number of Topliss-reactive ketones (excluding diaryl/α,β-unsaturated/α-hetero) is 1. The highest BCUT2D eigenvalue weighted by Gasteiger charge is 2.44. The lowest BCUT2D eigenvalue weighted by atomic mass is 10.1. The zero-order chi connectivity index (χ0) is 24.5. The van der Waals surface area contributed by atoms with Crippen molar-refractivity contribution in [3.63, 3.8) is 0 Å². The Morgan fingerprint density at radius 3 is 1.97 bits per heavy atom. The first kappa shape index (κ1) is 24.9. The van der Waals surface area contributed by atoms with Gasteiger partial charge in [0.2, 0.25) is 0 Å². The maximum Gasteiger partial charge on any atom is 0.329 e. The van der Waals surface area contributed by atoms with E-state index in [0.29, 0.717) is 16.0 Å². The van der Waals surface area contributed by atoms with Crippen molar-refractivity contribution in [2.75, 3.05) is 12.0 Å². The van der Waals surface area contributed by atoms with Gasteiger partial charge in [-0.15, -0.1) is 0 Å². The summed E-state index contributed by atoms with van der Waals surface area (Å²) in [6, 6.07) is 7.34. The molecule has 0 unspecified atom stereocenters. The maximum absolute atomic E-state index is 12.9. The molecule has 0 spiro atoms. The summed E-state index contributed by atoms with van der Waals surface area (Å²) in [5, 5.41) is 0.116. The van der Waals surface area contributed by atoms with Crippen LogP contribution in [-0.2, 0) is 26.0 Å². The third-order valence-electron chi connectivity index (χ3n) is 5.05. The summed E-state index contributed by atoms with van der Waals surface area (Å²) >= 11 is 11.9. The number of benzene rings is 2. The van der Waals surface area contributed by atoms with Crippen LogP contribution in [0, 0.1) is 0 Å². The van der Waals surface area contributed by atoms with Crippen LogP contribution in [0.2, 0.25) is 10.0 Å². The molecule has 1 aliphatic rings. The second-order valence-electron chi connectivity index (χ2n) is 7.59. The molecule has 2 aromatic rings. The fraction of sp³-hybridized carbons (Fsp3) is 0.273. The molecule has 33 heavy (non-hydrogen) atoms. The number of fused-ring (bicyclic) bond motifs is 1. The molecule has 0 bridgehead atoms. The van der Waals surface area contributed by atoms with Crippen LogP contribution in [0.3, 0.4) is 0 Å². The van der Waals surface area contributed by atoms with E-state index in [4.69, 9.17) is 27.9 Å². The molecule has 0 N–H and O–H groups in total. The highest BCUT2D eigenvalue weighted by molar-refractivity contribution is 7.90. The monoisotopic (exact) mass is 511 g/mol. The molecular weight excluding hydrogens is 493 g/mol. The number of sulfone groups is 1. The summed E-state index contributed by atoms with van der Waals surface area (Å²) in [7, 11) is -3.51. The molecule has 0 fully saturated rings. The Bertz CT molecular complexity index is 1220. The van der Waals surface area contributed by atoms with Gasteiger partial charge in [-0.2, -0.15) is 0 Å². The lowest BCUT2D eigenvalue weighted by Crippen LogP contribution is -2.46. The van der Waals surface area contributed by atoms with E-state index in [9.17, 15) is 27.6 Å². The summed E-state index contributed by atoms with van der Waals surface area (Å²) < 4.78 is 28.7. The van der Waals surface area contributed by atoms with Crippen molar-refractivity contribution in [3.05, 3.63) is 68.7 Å². The summed E-state index contributed by atoms with van der Waals surface area (Å²) in [6.07, 6.45) is 0.641. The number of carbonyl (C=O) groups excluding carboxylic acids is 4. The van der Waals surface area contributed by atoms with E-state index in [-0.39, 0.29) is 40.0 Å². The van der Waals surface area contributed by atoms with Gasteiger partial charge in [0.05, 0.1) is 26.9 Å². The van der Waals surface area contributed by atoms with Gasteiger partial charge >= 0.3 is 5.97 Å². The van der Waals surface area contributed by atoms with Crippen LogP contribution in [0.15, 0.2) is 36.4 Å². The number of esters is 1. The largest absolute Gasteiger partial charge is 0.459 e. The summed E-state index contributed by atoms with van der Waals surface area (Å²) in [6.45, 7) is 1.22. The van der Waals surface area contributed by atoms with Gasteiger partial charge in [0, 0.05) is 11.8 Å². The number of hydrogen-bond donors (Lipinski definition) is 0. The predicted molar refractivity (Wildman–Crippen MR) is 121 cm³/mol.